The van der Waals surface area contributed by atoms with Crippen molar-refractivity contribution >= 4 is 12.1 Å². The van der Waals surface area contributed by atoms with Gasteiger partial charge in [-0.05, 0) is 5.56 Å². The Kier molecular flexibility index (Phi) is 3.15. The lowest BCUT2D eigenvalue weighted by atomic mass is 10.0. The fourth-order valence-electron chi connectivity index (χ4n) is 0.995. The summed E-state index contributed by atoms with van der Waals surface area (Å²) >= 11 is 0. The van der Waals surface area contributed by atoms with Gasteiger partial charge in [0.1, 0.15) is 0 Å². The van der Waals surface area contributed by atoms with Gasteiger partial charge in [0.15, 0.2) is 0 Å². The first kappa shape index (κ1) is 9.39. The molecule has 0 aliphatic carbocycles. The van der Waals surface area contributed by atoms with Crippen molar-refractivity contribution < 1.29 is 9.59 Å². The summed E-state index contributed by atoms with van der Waals surface area (Å²) in [6.07, 6.45) is 1.71. The Morgan fingerprint density at radius 2 is 1.92 bits per heavy atom. The molecule has 2 heteroatoms. The van der Waals surface area contributed by atoms with Gasteiger partial charge in [0, 0.05) is 12.0 Å². The SMILES string of the molecule is C=C(Cc1ccccc1)C(=O)[C]=O. The van der Waals surface area contributed by atoms with Crippen molar-refractivity contribution in [2.45, 2.75) is 6.42 Å². The number of benzene rings is 1. The highest BCUT2D eigenvalue weighted by atomic mass is 16.2. The van der Waals surface area contributed by atoms with E-state index < -0.39 is 5.78 Å². The molecule has 0 spiro atoms. The molecular weight excluding hydrogens is 164 g/mol. The molecule has 0 fully saturated rings. The van der Waals surface area contributed by atoms with E-state index in [0.29, 0.717) is 6.42 Å². The van der Waals surface area contributed by atoms with Gasteiger partial charge in [-0.15, -0.1) is 0 Å². The van der Waals surface area contributed by atoms with Crippen molar-refractivity contribution in [3.8, 4) is 0 Å². The normalized spacial score (nSPS) is 9.23. The molecule has 0 heterocycles. The van der Waals surface area contributed by atoms with Crippen LogP contribution in [0.1, 0.15) is 5.56 Å². The summed E-state index contributed by atoms with van der Waals surface area (Å²) in [5.74, 6) is -0.649. The summed E-state index contributed by atoms with van der Waals surface area (Å²) in [7, 11) is 0. The van der Waals surface area contributed by atoms with Crippen LogP contribution in [0, 0.1) is 0 Å². The van der Waals surface area contributed by atoms with E-state index in [1.165, 1.54) is 6.29 Å². The largest absolute Gasteiger partial charge is 0.285 e. The Bertz CT molecular complexity index is 325. The molecule has 0 bridgehead atoms. The zero-order valence-corrected chi connectivity index (χ0v) is 7.12. The molecule has 0 saturated carbocycles. The average Bonchev–Trinajstić information content (AvgIpc) is 2.18. The highest BCUT2D eigenvalue weighted by molar-refractivity contribution is 6.33. The first-order valence-corrected chi connectivity index (χ1v) is 3.88. The van der Waals surface area contributed by atoms with Gasteiger partial charge in [-0.3, -0.25) is 9.59 Å². The maximum Gasteiger partial charge on any atom is 0.277 e. The lowest BCUT2D eigenvalue weighted by Crippen LogP contribution is -2.04. The molecule has 1 aromatic rings. The second kappa shape index (κ2) is 4.36. The molecule has 0 unspecified atom stereocenters. The van der Waals surface area contributed by atoms with Gasteiger partial charge in [0.05, 0.1) is 0 Å². The van der Waals surface area contributed by atoms with Gasteiger partial charge < -0.3 is 0 Å². The van der Waals surface area contributed by atoms with Crippen LogP contribution in [0.25, 0.3) is 0 Å². The molecule has 0 saturated heterocycles. The van der Waals surface area contributed by atoms with E-state index in [9.17, 15) is 9.59 Å². The van der Waals surface area contributed by atoms with Gasteiger partial charge in [-0.1, -0.05) is 36.9 Å². The minimum absolute atomic E-state index is 0.279. The van der Waals surface area contributed by atoms with E-state index in [1.807, 2.05) is 30.3 Å². The van der Waals surface area contributed by atoms with Crippen molar-refractivity contribution in [3.05, 3.63) is 48.0 Å². The number of allylic oxidation sites excluding steroid dienone is 1. The van der Waals surface area contributed by atoms with Crippen molar-refractivity contribution in [1.82, 2.24) is 0 Å². The van der Waals surface area contributed by atoms with Crippen LogP contribution in [0.4, 0.5) is 0 Å². The third-order valence-electron chi connectivity index (χ3n) is 1.67. The highest BCUT2D eigenvalue weighted by Gasteiger charge is 2.06. The molecule has 1 radical (unpaired) electrons. The van der Waals surface area contributed by atoms with Crippen LogP contribution >= 0.6 is 0 Å². The fraction of sp³-hybridized carbons (Fsp3) is 0.0909. The summed E-state index contributed by atoms with van der Waals surface area (Å²) in [6, 6.07) is 9.39. The monoisotopic (exact) mass is 173 g/mol. The molecule has 65 valence electrons. The molecule has 1 aromatic carbocycles. The molecule has 0 N–H and O–H groups in total. The van der Waals surface area contributed by atoms with Crippen molar-refractivity contribution in [3.63, 3.8) is 0 Å². The van der Waals surface area contributed by atoms with Gasteiger partial charge in [0.25, 0.3) is 6.29 Å². The van der Waals surface area contributed by atoms with Crippen LogP contribution in [0.5, 0.6) is 0 Å². The first-order chi connectivity index (χ1) is 6.24. The quantitative estimate of drug-likeness (QED) is 0.510. The van der Waals surface area contributed by atoms with Crippen LogP contribution < -0.4 is 0 Å². The number of hydrogen-bond donors (Lipinski definition) is 0. The van der Waals surface area contributed by atoms with Gasteiger partial charge in [-0.25, -0.2) is 0 Å². The summed E-state index contributed by atoms with van der Waals surface area (Å²) in [4.78, 5) is 20.8. The summed E-state index contributed by atoms with van der Waals surface area (Å²) in [6.45, 7) is 3.51. The van der Waals surface area contributed by atoms with Crippen LogP contribution in [-0.4, -0.2) is 12.1 Å². The Hall–Kier alpha value is -1.70. The van der Waals surface area contributed by atoms with E-state index in [1.54, 1.807) is 0 Å². The second-order valence-corrected chi connectivity index (χ2v) is 2.70. The fourth-order valence-corrected chi connectivity index (χ4v) is 0.995. The highest BCUT2D eigenvalue weighted by Crippen LogP contribution is 2.05. The molecule has 2 nitrogen and oxygen atoms in total. The molecular formula is C11H9O2. The summed E-state index contributed by atoms with van der Waals surface area (Å²) < 4.78 is 0. The van der Waals surface area contributed by atoms with E-state index >= 15 is 0 Å². The van der Waals surface area contributed by atoms with E-state index in [-0.39, 0.29) is 5.57 Å². The van der Waals surface area contributed by atoms with E-state index in [4.69, 9.17) is 0 Å². The van der Waals surface area contributed by atoms with Crippen LogP contribution in [0.3, 0.4) is 0 Å². The lowest BCUT2D eigenvalue weighted by Gasteiger charge is -1.99. The Morgan fingerprint density at radius 3 is 2.46 bits per heavy atom. The summed E-state index contributed by atoms with van der Waals surface area (Å²) in [5.41, 5.74) is 1.25. The van der Waals surface area contributed by atoms with E-state index in [2.05, 4.69) is 6.58 Å². The van der Waals surface area contributed by atoms with E-state index in [0.717, 1.165) is 5.56 Å². The Morgan fingerprint density at radius 1 is 1.31 bits per heavy atom. The van der Waals surface area contributed by atoms with Crippen LogP contribution in [0.15, 0.2) is 42.5 Å². The average molecular weight is 173 g/mol. The maximum atomic E-state index is 10.8. The van der Waals surface area contributed by atoms with Crippen LogP contribution in [0.2, 0.25) is 0 Å². The Labute approximate surface area is 76.9 Å². The number of hydrogen-bond acceptors (Lipinski definition) is 2. The standard InChI is InChI=1S/C11H9O2/c1-9(11(13)8-12)7-10-5-3-2-4-6-10/h2-6H,1,7H2. The van der Waals surface area contributed by atoms with Gasteiger partial charge in [0.2, 0.25) is 5.78 Å². The maximum absolute atomic E-state index is 10.8. The number of carbonyl (C=O) groups excluding carboxylic acids is 2. The number of carbonyl (C=O) groups is 1. The third-order valence-corrected chi connectivity index (χ3v) is 1.67. The van der Waals surface area contributed by atoms with Gasteiger partial charge >= 0.3 is 0 Å². The number of Topliss-reactive ketones (excluding diaryl/α,β-unsaturated/α-hetero) is 1. The third kappa shape index (κ3) is 2.67. The molecule has 1 rings (SSSR count). The zero-order chi connectivity index (χ0) is 9.68. The first-order valence-electron chi connectivity index (χ1n) is 3.88. The number of rotatable bonds is 4. The van der Waals surface area contributed by atoms with Crippen molar-refractivity contribution in [2.75, 3.05) is 0 Å². The molecule has 0 aromatic heterocycles. The zero-order valence-electron chi connectivity index (χ0n) is 7.12. The lowest BCUT2D eigenvalue weighted by molar-refractivity contribution is -0.109. The van der Waals surface area contributed by atoms with Crippen molar-refractivity contribution in [1.29, 1.82) is 0 Å². The molecule has 0 aliphatic heterocycles. The minimum Gasteiger partial charge on any atom is -0.285 e. The predicted molar refractivity (Wildman–Crippen MR) is 50.0 cm³/mol. The second-order valence-electron chi connectivity index (χ2n) is 2.70. The Balaban J connectivity index is 2.65. The number of ketones is 1. The summed E-state index contributed by atoms with van der Waals surface area (Å²) in [5, 5.41) is 0. The van der Waals surface area contributed by atoms with Crippen LogP contribution in [-0.2, 0) is 16.0 Å². The van der Waals surface area contributed by atoms with Crippen molar-refractivity contribution in [2.24, 2.45) is 0 Å². The smallest absolute Gasteiger partial charge is 0.277 e. The van der Waals surface area contributed by atoms with Gasteiger partial charge in [-0.2, -0.15) is 0 Å². The predicted octanol–water partition coefficient (Wildman–Crippen LogP) is 1.46. The molecule has 0 aliphatic rings. The molecule has 0 atom stereocenters. The topological polar surface area (TPSA) is 34.1 Å². The molecule has 0 amide bonds. The minimum atomic E-state index is -0.649. The molecule has 13 heavy (non-hydrogen) atoms.